The average Bonchev–Trinajstić information content (AvgIpc) is 3.62. The fraction of sp³-hybridized carbons (Fsp3) is 0.235. The summed E-state index contributed by atoms with van der Waals surface area (Å²) in [5.74, 6) is -3.61. The first kappa shape index (κ1) is 30.2. The van der Waals surface area contributed by atoms with Crippen LogP contribution in [0.15, 0.2) is 78.9 Å². The summed E-state index contributed by atoms with van der Waals surface area (Å²) in [6, 6.07) is 20.8. The van der Waals surface area contributed by atoms with Crippen molar-refractivity contribution in [2.45, 2.75) is 31.0 Å². The Morgan fingerprint density at radius 1 is 1.09 bits per heavy atom. The first-order valence-corrected chi connectivity index (χ1v) is 15.5. The van der Waals surface area contributed by atoms with Crippen LogP contribution in [0, 0.1) is 11.7 Å². The van der Waals surface area contributed by atoms with Crippen molar-refractivity contribution >= 4 is 52.5 Å². The number of ether oxygens (including phenoxy) is 1. The van der Waals surface area contributed by atoms with Crippen molar-refractivity contribution in [2.24, 2.45) is 5.92 Å². The smallest absolute Gasteiger partial charge is 0.335 e. The lowest BCUT2D eigenvalue weighted by Gasteiger charge is -2.41. The highest BCUT2D eigenvalue weighted by Crippen LogP contribution is 2.62. The van der Waals surface area contributed by atoms with E-state index in [1.807, 2.05) is 36.1 Å². The van der Waals surface area contributed by atoms with E-state index in [2.05, 4.69) is 10.3 Å². The maximum absolute atomic E-state index is 16.2. The molecule has 9 nitrogen and oxygen atoms in total. The second kappa shape index (κ2) is 11.4. The quantitative estimate of drug-likeness (QED) is 0.230. The molecule has 4 heterocycles. The van der Waals surface area contributed by atoms with Crippen molar-refractivity contribution in [3.05, 3.63) is 117 Å². The van der Waals surface area contributed by atoms with Gasteiger partial charge in [0.1, 0.15) is 28.1 Å². The number of likely N-dealkylation sites (tertiary alicyclic amines) is 1. The standard InChI is InChI=1S/C34H27Cl2FN4O5/c1-2-46-21-6-3-5-18(15-21)16-41-25-17-40(20-11-9-19(10-12-20)32(43)44)31(42)27(25)28(22-7-4-8-24(35)29(22)37)34(41)23-13-14-26(36)38-30(23)39-33(34)45/h3-15,25,27-28H,2,16-17H2,1H3,(H,43,44)(H,38,39,45)/t25?,27-,28+,34-/m1/s1. The highest BCUT2D eigenvalue weighted by Gasteiger charge is 2.71. The molecule has 12 heteroatoms. The van der Waals surface area contributed by atoms with E-state index in [9.17, 15) is 19.5 Å². The van der Waals surface area contributed by atoms with Crippen LogP contribution in [0.25, 0.3) is 0 Å². The van der Waals surface area contributed by atoms with Crippen molar-refractivity contribution < 1.29 is 28.6 Å². The fourth-order valence-corrected chi connectivity index (χ4v) is 7.71. The summed E-state index contributed by atoms with van der Waals surface area (Å²) in [5, 5.41) is 12.3. The Morgan fingerprint density at radius 2 is 1.85 bits per heavy atom. The van der Waals surface area contributed by atoms with Crippen LogP contribution in [-0.2, 0) is 21.7 Å². The highest BCUT2D eigenvalue weighted by molar-refractivity contribution is 6.31. The zero-order valence-corrected chi connectivity index (χ0v) is 25.9. The molecule has 7 rings (SSSR count). The summed E-state index contributed by atoms with van der Waals surface area (Å²) in [6.07, 6.45) is 0. The van der Waals surface area contributed by atoms with E-state index in [1.54, 1.807) is 41.3 Å². The SMILES string of the molecule is CCOc1cccc(CN2C3CN(c4ccc(C(=O)O)cc4)C(=O)[C@H]3[C@H](c3cccc(Cl)c3F)[C@]23C(=O)Nc2nc(Cl)ccc23)c1. The van der Waals surface area contributed by atoms with E-state index < -0.39 is 41.1 Å². The minimum absolute atomic E-state index is 0.0784. The maximum atomic E-state index is 16.2. The summed E-state index contributed by atoms with van der Waals surface area (Å²) >= 11 is 12.6. The molecule has 4 atom stereocenters. The molecule has 2 amide bonds. The van der Waals surface area contributed by atoms with Crippen LogP contribution < -0.4 is 15.0 Å². The lowest BCUT2D eigenvalue weighted by Crippen LogP contribution is -2.53. The monoisotopic (exact) mass is 660 g/mol. The molecule has 0 radical (unpaired) electrons. The number of nitrogens with zero attached hydrogens (tertiary/aromatic N) is 3. The molecular formula is C34H27Cl2FN4O5. The Balaban J connectivity index is 1.45. The summed E-state index contributed by atoms with van der Waals surface area (Å²) in [6.45, 7) is 2.71. The van der Waals surface area contributed by atoms with Crippen LogP contribution in [-0.4, -0.2) is 52.0 Å². The minimum Gasteiger partial charge on any atom is -0.494 e. The number of carbonyl (C=O) groups excluding carboxylic acids is 2. The molecule has 4 aromatic rings. The number of halogens is 3. The Kier molecular flexibility index (Phi) is 7.46. The van der Waals surface area contributed by atoms with Gasteiger partial charge in [-0.25, -0.2) is 14.2 Å². The van der Waals surface area contributed by atoms with Gasteiger partial charge in [0, 0.05) is 36.3 Å². The number of hydrogen-bond donors (Lipinski definition) is 2. The van der Waals surface area contributed by atoms with Gasteiger partial charge >= 0.3 is 5.97 Å². The lowest BCUT2D eigenvalue weighted by atomic mass is 9.71. The number of pyridine rings is 1. The van der Waals surface area contributed by atoms with E-state index in [4.69, 9.17) is 27.9 Å². The second-order valence-electron chi connectivity index (χ2n) is 11.5. The molecule has 1 spiro atoms. The number of amides is 2. The number of rotatable bonds is 7. The molecular weight excluding hydrogens is 634 g/mol. The third kappa shape index (κ3) is 4.54. The number of nitrogens with one attached hydrogen (secondary N) is 1. The number of hydrogen-bond acceptors (Lipinski definition) is 6. The van der Waals surface area contributed by atoms with Crippen LogP contribution >= 0.6 is 23.2 Å². The van der Waals surface area contributed by atoms with Gasteiger partial charge in [0.25, 0.3) is 5.91 Å². The molecule has 2 N–H and O–H groups in total. The van der Waals surface area contributed by atoms with Gasteiger partial charge in [-0.1, -0.05) is 47.5 Å². The van der Waals surface area contributed by atoms with Gasteiger partial charge in [0.15, 0.2) is 0 Å². The van der Waals surface area contributed by atoms with E-state index in [1.165, 1.54) is 18.2 Å². The van der Waals surface area contributed by atoms with Crippen LogP contribution in [0.2, 0.25) is 10.2 Å². The van der Waals surface area contributed by atoms with E-state index in [0.29, 0.717) is 23.6 Å². The Morgan fingerprint density at radius 3 is 2.59 bits per heavy atom. The molecule has 1 aromatic heterocycles. The van der Waals surface area contributed by atoms with Crippen LogP contribution in [0.3, 0.4) is 0 Å². The third-order valence-corrected chi connectivity index (χ3v) is 9.66. The minimum atomic E-state index is -1.57. The molecule has 2 fully saturated rings. The average molecular weight is 662 g/mol. The van der Waals surface area contributed by atoms with E-state index in [0.717, 1.165) is 5.56 Å². The van der Waals surface area contributed by atoms with Crippen molar-refractivity contribution in [2.75, 3.05) is 23.4 Å². The predicted octanol–water partition coefficient (Wildman–Crippen LogP) is 6.10. The number of carbonyl (C=O) groups is 3. The number of aromatic carboxylic acids is 1. The topological polar surface area (TPSA) is 112 Å². The zero-order valence-electron chi connectivity index (χ0n) is 24.4. The Labute approximate surface area is 273 Å². The number of carboxylic acids is 1. The fourth-order valence-electron chi connectivity index (χ4n) is 7.38. The van der Waals surface area contributed by atoms with Crippen molar-refractivity contribution in [3.8, 4) is 5.75 Å². The first-order chi connectivity index (χ1) is 22.1. The van der Waals surface area contributed by atoms with Gasteiger partial charge in [-0.2, -0.15) is 0 Å². The molecule has 0 saturated carbocycles. The predicted molar refractivity (Wildman–Crippen MR) is 170 cm³/mol. The van der Waals surface area contributed by atoms with Crippen molar-refractivity contribution in [3.63, 3.8) is 0 Å². The maximum Gasteiger partial charge on any atom is 0.335 e. The van der Waals surface area contributed by atoms with Gasteiger partial charge in [-0.15, -0.1) is 0 Å². The number of aromatic nitrogens is 1. The molecule has 234 valence electrons. The Bertz CT molecular complexity index is 1910. The lowest BCUT2D eigenvalue weighted by molar-refractivity contribution is -0.128. The van der Waals surface area contributed by atoms with Gasteiger partial charge in [0.2, 0.25) is 5.91 Å². The largest absolute Gasteiger partial charge is 0.494 e. The first-order valence-electron chi connectivity index (χ1n) is 14.7. The second-order valence-corrected chi connectivity index (χ2v) is 12.3. The molecule has 2 saturated heterocycles. The molecule has 0 aliphatic carbocycles. The highest BCUT2D eigenvalue weighted by atomic mass is 35.5. The number of fused-ring (bicyclic) bond motifs is 3. The molecule has 3 aliphatic rings. The number of anilines is 2. The summed E-state index contributed by atoms with van der Waals surface area (Å²) in [7, 11) is 0. The van der Waals surface area contributed by atoms with Crippen LogP contribution in [0.4, 0.5) is 15.9 Å². The van der Waals surface area contributed by atoms with E-state index >= 15 is 4.39 Å². The molecule has 0 bridgehead atoms. The van der Waals surface area contributed by atoms with Crippen LogP contribution in [0.1, 0.15) is 39.9 Å². The zero-order chi connectivity index (χ0) is 32.3. The van der Waals surface area contributed by atoms with E-state index in [-0.39, 0.29) is 46.1 Å². The molecule has 1 unspecified atom stereocenters. The molecule has 3 aliphatic heterocycles. The van der Waals surface area contributed by atoms with Gasteiger partial charge in [0.05, 0.1) is 23.1 Å². The van der Waals surface area contributed by atoms with Gasteiger partial charge < -0.3 is 20.1 Å². The van der Waals surface area contributed by atoms with Gasteiger partial charge in [-0.3, -0.25) is 14.5 Å². The van der Waals surface area contributed by atoms with Crippen molar-refractivity contribution in [1.29, 1.82) is 0 Å². The summed E-state index contributed by atoms with van der Waals surface area (Å²) in [5.41, 5.74) is 0.427. The van der Waals surface area contributed by atoms with Gasteiger partial charge in [-0.05, 0) is 72.6 Å². The molecule has 3 aromatic carbocycles. The summed E-state index contributed by atoms with van der Waals surface area (Å²) < 4.78 is 21.9. The molecule has 46 heavy (non-hydrogen) atoms. The summed E-state index contributed by atoms with van der Waals surface area (Å²) in [4.78, 5) is 48.5. The third-order valence-electron chi connectivity index (χ3n) is 9.15. The Hall–Kier alpha value is -4.51. The number of benzene rings is 3. The number of carboxylic acid groups (broad SMARTS) is 1. The normalized spacial score (nSPS) is 23.5. The van der Waals surface area contributed by atoms with Crippen molar-refractivity contribution in [1.82, 2.24) is 9.88 Å². The van der Waals surface area contributed by atoms with Crippen LogP contribution in [0.5, 0.6) is 5.75 Å².